The van der Waals surface area contributed by atoms with Gasteiger partial charge >= 0.3 is 0 Å². The number of likely N-dealkylation sites (tertiary alicyclic amines) is 1. The summed E-state index contributed by atoms with van der Waals surface area (Å²) in [6, 6.07) is 18.0. The highest BCUT2D eigenvalue weighted by Crippen LogP contribution is 2.27. The highest BCUT2D eigenvalue weighted by atomic mass is 16.5. The summed E-state index contributed by atoms with van der Waals surface area (Å²) in [5.74, 6) is 0.811. The van der Waals surface area contributed by atoms with Crippen LogP contribution in [0.5, 0.6) is 5.75 Å². The Kier molecular flexibility index (Phi) is 5.62. The molecule has 1 fully saturated rings. The average Bonchev–Trinajstić information content (AvgIpc) is 3.25. The number of benzene rings is 2. The Morgan fingerprint density at radius 1 is 1.07 bits per heavy atom. The smallest absolute Gasteiger partial charge is 0.257 e. The summed E-state index contributed by atoms with van der Waals surface area (Å²) < 4.78 is 7.05. The van der Waals surface area contributed by atoms with Crippen LogP contribution in [-0.4, -0.2) is 53.9 Å². The number of hydrogen-bond donors (Lipinski definition) is 1. The monoisotopic (exact) mass is 390 g/mol. The van der Waals surface area contributed by atoms with Crippen molar-refractivity contribution in [1.82, 2.24) is 20.0 Å². The maximum absolute atomic E-state index is 13.4. The van der Waals surface area contributed by atoms with Gasteiger partial charge in [-0.15, -0.1) is 0 Å². The summed E-state index contributed by atoms with van der Waals surface area (Å²) in [5.41, 5.74) is 3.14. The van der Waals surface area contributed by atoms with Gasteiger partial charge in [0.05, 0.1) is 18.4 Å². The van der Waals surface area contributed by atoms with Crippen LogP contribution in [-0.2, 0) is 0 Å². The summed E-state index contributed by atoms with van der Waals surface area (Å²) in [4.78, 5) is 15.3. The molecule has 1 N–H and O–H groups in total. The molecular weight excluding hydrogens is 364 g/mol. The van der Waals surface area contributed by atoms with Crippen molar-refractivity contribution in [3.05, 3.63) is 66.4 Å². The lowest BCUT2D eigenvalue weighted by Gasteiger charge is -2.31. The number of carbonyl (C=O) groups excluding carboxylic acids is 1. The number of hydrogen-bond acceptors (Lipinski definition) is 4. The Hall–Kier alpha value is -3.12. The molecule has 1 aliphatic rings. The fourth-order valence-electron chi connectivity index (χ4n) is 3.75. The Balaban J connectivity index is 1.70. The van der Waals surface area contributed by atoms with E-state index in [2.05, 4.69) is 5.32 Å². The molecule has 0 spiro atoms. The molecule has 6 nitrogen and oxygen atoms in total. The van der Waals surface area contributed by atoms with Crippen LogP contribution in [0.2, 0.25) is 0 Å². The van der Waals surface area contributed by atoms with E-state index in [1.165, 1.54) is 0 Å². The van der Waals surface area contributed by atoms with E-state index in [-0.39, 0.29) is 5.91 Å². The largest absolute Gasteiger partial charge is 0.497 e. The van der Waals surface area contributed by atoms with E-state index in [9.17, 15) is 4.79 Å². The molecule has 3 aromatic rings. The minimum Gasteiger partial charge on any atom is -0.497 e. The summed E-state index contributed by atoms with van der Waals surface area (Å²) in [7, 11) is 3.62. The maximum atomic E-state index is 13.4. The van der Waals surface area contributed by atoms with Crippen LogP contribution in [0.1, 0.15) is 23.2 Å². The van der Waals surface area contributed by atoms with Gasteiger partial charge in [0, 0.05) is 30.9 Å². The van der Waals surface area contributed by atoms with E-state index in [4.69, 9.17) is 9.84 Å². The minimum atomic E-state index is 0.0348. The van der Waals surface area contributed by atoms with Gasteiger partial charge in [-0.3, -0.25) is 4.79 Å². The van der Waals surface area contributed by atoms with Gasteiger partial charge in [0.2, 0.25) is 0 Å². The zero-order valence-corrected chi connectivity index (χ0v) is 16.8. The molecule has 0 bridgehead atoms. The summed E-state index contributed by atoms with van der Waals surface area (Å²) >= 11 is 0. The molecule has 6 heteroatoms. The number of rotatable bonds is 5. The highest BCUT2D eigenvalue weighted by Gasteiger charge is 2.27. The number of para-hydroxylation sites is 1. The summed E-state index contributed by atoms with van der Waals surface area (Å²) in [6.07, 6.45) is 3.78. The highest BCUT2D eigenvalue weighted by molar-refractivity contribution is 6.00. The van der Waals surface area contributed by atoms with E-state index >= 15 is 0 Å². The molecule has 1 aliphatic heterocycles. The molecule has 2 heterocycles. The van der Waals surface area contributed by atoms with Gasteiger partial charge in [-0.2, -0.15) is 5.10 Å². The lowest BCUT2D eigenvalue weighted by atomic mass is 10.0. The van der Waals surface area contributed by atoms with Crippen molar-refractivity contribution in [2.45, 2.75) is 18.9 Å². The lowest BCUT2D eigenvalue weighted by molar-refractivity contribution is 0.0708. The number of methoxy groups -OCH3 is 1. The van der Waals surface area contributed by atoms with Crippen molar-refractivity contribution < 1.29 is 9.53 Å². The Morgan fingerprint density at radius 3 is 2.38 bits per heavy atom. The Bertz CT molecular complexity index is 958. The predicted octanol–water partition coefficient (Wildman–Crippen LogP) is 3.37. The normalized spacial score (nSPS) is 14.8. The fourth-order valence-corrected chi connectivity index (χ4v) is 3.75. The molecule has 0 unspecified atom stereocenters. The van der Waals surface area contributed by atoms with Crippen molar-refractivity contribution in [2.75, 3.05) is 27.2 Å². The van der Waals surface area contributed by atoms with Gasteiger partial charge in [-0.1, -0.05) is 18.2 Å². The van der Waals surface area contributed by atoms with Crippen LogP contribution >= 0.6 is 0 Å². The number of ether oxygens (including phenoxy) is 1. The molecule has 1 saturated heterocycles. The van der Waals surface area contributed by atoms with Crippen LogP contribution in [0.15, 0.2) is 60.8 Å². The van der Waals surface area contributed by atoms with E-state index in [1.54, 1.807) is 11.8 Å². The van der Waals surface area contributed by atoms with Gasteiger partial charge in [-0.25, -0.2) is 4.68 Å². The second kappa shape index (κ2) is 8.49. The second-order valence-corrected chi connectivity index (χ2v) is 7.26. The lowest BCUT2D eigenvalue weighted by Crippen LogP contribution is -2.44. The zero-order valence-electron chi connectivity index (χ0n) is 16.8. The molecule has 0 aliphatic carbocycles. The molecule has 0 radical (unpaired) electrons. The molecule has 2 aromatic carbocycles. The number of amides is 1. The number of piperidine rings is 1. The SMILES string of the molecule is CNC1CCN(C(=O)c2cn(-c3ccccc3)nc2-c2ccc(OC)cc2)CC1. The summed E-state index contributed by atoms with van der Waals surface area (Å²) in [5, 5.41) is 8.08. The Morgan fingerprint density at radius 2 is 1.76 bits per heavy atom. The first-order valence-electron chi connectivity index (χ1n) is 9.95. The van der Waals surface area contributed by atoms with Crippen LogP contribution in [0.4, 0.5) is 0 Å². The predicted molar refractivity (Wildman–Crippen MR) is 114 cm³/mol. The van der Waals surface area contributed by atoms with E-state index < -0.39 is 0 Å². The summed E-state index contributed by atoms with van der Waals surface area (Å²) in [6.45, 7) is 1.51. The number of carbonyl (C=O) groups is 1. The van der Waals surface area contributed by atoms with Crippen molar-refractivity contribution in [3.8, 4) is 22.7 Å². The van der Waals surface area contributed by atoms with Crippen molar-refractivity contribution >= 4 is 5.91 Å². The fraction of sp³-hybridized carbons (Fsp3) is 0.304. The van der Waals surface area contributed by atoms with Crippen molar-refractivity contribution in [2.24, 2.45) is 0 Å². The van der Waals surface area contributed by atoms with E-state index in [0.717, 1.165) is 42.9 Å². The Labute approximate surface area is 171 Å². The molecule has 1 amide bonds. The van der Waals surface area contributed by atoms with Gasteiger partial charge in [0.1, 0.15) is 11.4 Å². The van der Waals surface area contributed by atoms with Crippen LogP contribution in [0.3, 0.4) is 0 Å². The first kappa shape index (κ1) is 19.2. The average molecular weight is 390 g/mol. The molecule has 150 valence electrons. The molecule has 1 aromatic heterocycles. The zero-order chi connectivity index (χ0) is 20.2. The molecule has 4 rings (SSSR count). The molecule has 0 saturated carbocycles. The molecule has 29 heavy (non-hydrogen) atoms. The van der Waals surface area contributed by atoms with Crippen LogP contribution in [0.25, 0.3) is 16.9 Å². The first-order chi connectivity index (χ1) is 14.2. The van der Waals surface area contributed by atoms with Gasteiger partial charge in [-0.05, 0) is 56.3 Å². The maximum Gasteiger partial charge on any atom is 0.257 e. The van der Waals surface area contributed by atoms with Crippen LogP contribution in [0, 0.1) is 0 Å². The van der Waals surface area contributed by atoms with E-state index in [0.29, 0.717) is 17.3 Å². The third kappa shape index (κ3) is 4.03. The van der Waals surface area contributed by atoms with Crippen molar-refractivity contribution in [1.29, 1.82) is 0 Å². The minimum absolute atomic E-state index is 0.0348. The van der Waals surface area contributed by atoms with E-state index in [1.807, 2.05) is 72.7 Å². The molecular formula is C23H26N4O2. The van der Waals surface area contributed by atoms with Crippen LogP contribution < -0.4 is 10.1 Å². The topological polar surface area (TPSA) is 59.4 Å². The van der Waals surface area contributed by atoms with Crippen molar-refractivity contribution in [3.63, 3.8) is 0 Å². The number of nitrogens with zero attached hydrogens (tertiary/aromatic N) is 3. The molecule has 0 atom stereocenters. The third-order valence-corrected chi connectivity index (χ3v) is 5.52. The quantitative estimate of drug-likeness (QED) is 0.726. The third-order valence-electron chi connectivity index (χ3n) is 5.52. The standard InChI is InChI=1S/C23H26N4O2/c1-24-18-12-14-26(15-13-18)23(28)21-16-27(19-6-4-3-5-7-19)25-22(21)17-8-10-20(29-2)11-9-17/h3-11,16,18,24H,12-15H2,1-2H3. The van der Waals surface area contributed by atoms with Gasteiger partial charge in [0.25, 0.3) is 5.91 Å². The van der Waals surface area contributed by atoms with Gasteiger partial charge < -0.3 is 15.0 Å². The second-order valence-electron chi connectivity index (χ2n) is 7.26. The number of nitrogens with one attached hydrogen (secondary N) is 1. The first-order valence-corrected chi connectivity index (χ1v) is 9.95. The number of aromatic nitrogens is 2. The van der Waals surface area contributed by atoms with Gasteiger partial charge in [0.15, 0.2) is 0 Å².